The van der Waals surface area contributed by atoms with Gasteiger partial charge in [0.15, 0.2) is 0 Å². The summed E-state index contributed by atoms with van der Waals surface area (Å²) in [6.07, 6.45) is 0. The molecule has 4 heteroatoms. The average molecular weight is 98.9 g/mol. The number of hydrogen-bond acceptors (Lipinski definition) is 0. The predicted octanol–water partition coefficient (Wildman–Crippen LogP) is 0.180. The van der Waals surface area contributed by atoms with Crippen LogP contribution in [0.5, 0.6) is 0 Å². The van der Waals surface area contributed by atoms with Crippen molar-refractivity contribution in [1.29, 1.82) is 0 Å². The zero-order valence-corrected chi connectivity index (χ0v) is 3.26. The molecule has 0 N–H and O–H groups in total. The van der Waals surface area contributed by atoms with Gasteiger partial charge in [-0.15, -0.1) is 0 Å². The molecule has 0 atom stereocenters. The molecule has 0 spiro atoms. The number of halogens is 1. The van der Waals surface area contributed by atoms with Crippen molar-refractivity contribution in [2.45, 2.75) is 0 Å². The zero-order chi connectivity index (χ0) is 0. The second-order valence-electron chi connectivity index (χ2n) is 0. The van der Waals surface area contributed by atoms with E-state index in [1.54, 1.807) is 0 Å². The van der Waals surface area contributed by atoms with Crippen molar-refractivity contribution in [2.75, 3.05) is 0 Å². The van der Waals surface area contributed by atoms with E-state index < -0.39 is 0 Å². The molecule has 0 rings (SSSR count). The molecule has 0 bridgehead atoms. The van der Waals surface area contributed by atoms with Crippen LogP contribution in [0, 0.1) is 0 Å². The maximum atomic E-state index is 0. The SMILES string of the molecule is [F].[O-2].[O-2].[Ti+4]. The van der Waals surface area contributed by atoms with Crippen LogP contribution in [0.2, 0.25) is 0 Å². The summed E-state index contributed by atoms with van der Waals surface area (Å²) in [5.74, 6) is 0. The van der Waals surface area contributed by atoms with Crippen LogP contribution in [-0.2, 0) is 32.7 Å². The molecule has 0 heterocycles. The van der Waals surface area contributed by atoms with Crippen LogP contribution in [0.15, 0.2) is 0 Å². The Morgan fingerprint density at radius 2 is 0.750 bits per heavy atom. The van der Waals surface area contributed by atoms with Crippen molar-refractivity contribution in [1.82, 2.24) is 0 Å². The fourth-order valence-electron chi connectivity index (χ4n) is 0. The Hall–Kier alpha value is 0.564. The second-order valence-corrected chi connectivity index (χ2v) is 0. The molecule has 4 heavy (non-hydrogen) atoms. The third-order valence-corrected chi connectivity index (χ3v) is 0. The van der Waals surface area contributed by atoms with Gasteiger partial charge in [-0.3, -0.25) is 0 Å². The van der Waals surface area contributed by atoms with E-state index in [1.807, 2.05) is 0 Å². The van der Waals surface area contributed by atoms with Crippen molar-refractivity contribution in [3.05, 3.63) is 0 Å². The molecule has 0 aromatic rings. The van der Waals surface area contributed by atoms with Crippen LogP contribution in [0.3, 0.4) is 0 Å². The van der Waals surface area contributed by atoms with Crippen molar-refractivity contribution in [2.24, 2.45) is 0 Å². The first-order chi connectivity index (χ1) is 0. The average Bonchev–Trinajstić information content (AvgIpc) is 0. The first-order valence-corrected chi connectivity index (χ1v) is 0. The van der Waals surface area contributed by atoms with E-state index in [-0.39, 0.29) is 37.4 Å². The molecule has 0 unspecified atom stereocenters. The second kappa shape index (κ2) is 73.6. The molecule has 0 fully saturated rings. The normalized spacial score (nSPS) is 0. The minimum atomic E-state index is 0. The summed E-state index contributed by atoms with van der Waals surface area (Å²) in [6, 6.07) is 0. The van der Waals surface area contributed by atoms with Crippen LogP contribution in [0.25, 0.3) is 0 Å². The van der Waals surface area contributed by atoms with Gasteiger partial charge in [-0.25, -0.2) is 0 Å². The Morgan fingerprint density at radius 1 is 0.750 bits per heavy atom. The summed E-state index contributed by atoms with van der Waals surface area (Å²) in [6.45, 7) is 0. The van der Waals surface area contributed by atoms with E-state index in [1.165, 1.54) is 0 Å². The van der Waals surface area contributed by atoms with Gasteiger partial charge in [-0.1, -0.05) is 0 Å². The van der Waals surface area contributed by atoms with E-state index in [0.717, 1.165) is 0 Å². The molecule has 0 aromatic carbocycles. The standard InChI is InChI=1S/F.2O.Ti/q;2*-2;+4. The van der Waals surface area contributed by atoms with Crippen LogP contribution < -0.4 is 0 Å². The van der Waals surface area contributed by atoms with Crippen LogP contribution in [-0.4, -0.2) is 0 Å². The fourth-order valence-corrected chi connectivity index (χ4v) is 0. The number of hydrogen-bond donors (Lipinski definition) is 0. The Kier molecular flexibility index (Phi) is 3350. The molecule has 0 amide bonds. The van der Waals surface area contributed by atoms with Gasteiger partial charge in [0.2, 0.25) is 0 Å². The molecule has 0 aliphatic heterocycles. The first kappa shape index (κ1) is 182. The Balaban J connectivity index is 0. The zero-order valence-electron chi connectivity index (χ0n) is 1.69. The van der Waals surface area contributed by atoms with Gasteiger partial charge in [-0.2, -0.15) is 0 Å². The van der Waals surface area contributed by atoms with Crippen molar-refractivity contribution < 1.29 is 37.4 Å². The van der Waals surface area contributed by atoms with Gasteiger partial charge < -0.3 is 11.0 Å². The molecular formula is FO2Ti. The van der Waals surface area contributed by atoms with Crippen molar-refractivity contribution >= 4 is 0 Å². The summed E-state index contributed by atoms with van der Waals surface area (Å²) < 4.78 is 0. The minimum absolute atomic E-state index is 0. The number of rotatable bonds is 0. The van der Waals surface area contributed by atoms with E-state index in [4.69, 9.17) is 0 Å². The van der Waals surface area contributed by atoms with E-state index in [0.29, 0.717) is 0 Å². The van der Waals surface area contributed by atoms with Crippen molar-refractivity contribution in [3.63, 3.8) is 0 Å². The van der Waals surface area contributed by atoms with Gasteiger partial charge in [0.25, 0.3) is 0 Å². The topological polar surface area (TPSA) is 57.0 Å². The molecule has 0 aliphatic rings. The van der Waals surface area contributed by atoms with Gasteiger partial charge >= 0.3 is 21.7 Å². The van der Waals surface area contributed by atoms with E-state index in [9.17, 15) is 0 Å². The molecule has 1 radical (unpaired) electrons. The Morgan fingerprint density at radius 3 is 0.750 bits per heavy atom. The van der Waals surface area contributed by atoms with E-state index >= 15 is 0 Å². The Bertz CT molecular complexity index is 6.00. The first-order valence-electron chi connectivity index (χ1n) is 0. The summed E-state index contributed by atoms with van der Waals surface area (Å²) in [5, 5.41) is 0. The predicted molar refractivity (Wildman–Crippen MR) is 2.48 cm³/mol. The molecule has 2 nitrogen and oxygen atoms in total. The molecular weight excluding hydrogens is 98.9 g/mol. The van der Waals surface area contributed by atoms with Gasteiger partial charge in [0, 0.05) is 4.70 Å². The van der Waals surface area contributed by atoms with Gasteiger partial charge in [0.1, 0.15) is 0 Å². The molecule has 0 saturated heterocycles. The molecule has 0 aromatic heterocycles. The summed E-state index contributed by atoms with van der Waals surface area (Å²) in [4.78, 5) is 0. The third-order valence-electron chi connectivity index (χ3n) is 0. The van der Waals surface area contributed by atoms with Gasteiger partial charge in [0.05, 0.1) is 0 Å². The quantitative estimate of drug-likeness (QED) is 0.389. The smallest absolute Gasteiger partial charge is 2.00 e. The third kappa shape index (κ3) is 19.7. The maximum Gasteiger partial charge on any atom is 4.00 e. The summed E-state index contributed by atoms with van der Waals surface area (Å²) in [5.41, 5.74) is 0. The monoisotopic (exact) mass is 98.9 g/mol. The van der Waals surface area contributed by atoms with Crippen molar-refractivity contribution in [3.8, 4) is 0 Å². The van der Waals surface area contributed by atoms with Crippen LogP contribution in [0.4, 0.5) is 4.70 Å². The molecule has 0 saturated carbocycles. The molecule has 23 valence electrons. The maximum absolute atomic E-state index is 0. The van der Waals surface area contributed by atoms with E-state index in [2.05, 4.69) is 0 Å². The summed E-state index contributed by atoms with van der Waals surface area (Å²) >= 11 is 0. The van der Waals surface area contributed by atoms with Crippen LogP contribution in [0.1, 0.15) is 0 Å². The van der Waals surface area contributed by atoms with Gasteiger partial charge in [-0.05, 0) is 0 Å². The minimum Gasteiger partial charge on any atom is -2.00 e. The molecule has 0 aliphatic carbocycles. The fraction of sp³-hybridized carbons (Fsp3) is 0. The van der Waals surface area contributed by atoms with Crippen LogP contribution >= 0.6 is 0 Å². The Labute approximate surface area is 38.1 Å². The largest absolute Gasteiger partial charge is 4.00 e. The summed E-state index contributed by atoms with van der Waals surface area (Å²) in [7, 11) is 0.